The molecule has 2 saturated carbocycles. The molecule has 212 valence electrons. The highest BCUT2D eigenvalue weighted by Crippen LogP contribution is 2.44. The highest BCUT2D eigenvalue weighted by atomic mass is 19.4. The molecule has 1 N–H and O–H groups in total. The van der Waals surface area contributed by atoms with Gasteiger partial charge >= 0.3 is 6.18 Å². The Hall–Kier alpha value is -2.53. The fourth-order valence-corrected chi connectivity index (χ4v) is 5.32. The van der Waals surface area contributed by atoms with Gasteiger partial charge in [0.25, 0.3) is 5.91 Å². The van der Waals surface area contributed by atoms with E-state index in [0.29, 0.717) is 23.6 Å². The number of ether oxygens (including phenoxy) is 4. The molecule has 2 aromatic carbocycles. The van der Waals surface area contributed by atoms with Crippen LogP contribution in [0.2, 0.25) is 0 Å². The molecule has 2 aliphatic carbocycles. The van der Waals surface area contributed by atoms with Gasteiger partial charge < -0.3 is 24.3 Å². The van der Waals surface area contributed by atoms with Crippen molar-refractivity contribution in [3.8, 4) is 0 Å². The minimum absolute atomic E-state index is 0.0173. The summed E-state index contributed by atoms with van der Waals surface area (Å²) >= 11 is 0. The van der Waals surface area contributed by atoms with E-state index >= 15 is 0 Å². The molecule has 0 aromatic heterocycles. The molecule has 1 heterocycles. The second-order valence-corrected chi connectivity index (χ2v) is 11.2. The highest BCUT2D eigenvalue weighted by molar-refractivity contribution is 5.85. The van der Waals surface area contributed by atoms with E-state index in [1.807, 2.05) is 0 Å². The van der Waals surface area contributed by atoms with Gasteiger partial charge in [-0.1, -0.05) is 24.3 Å². The predicted molar refractivity (Wildman–Crippen MR) is 133 cm³/mol. The first-order valence-electron chi connectivity index (χ1n) is 13.2. The van der Waals surface area contributed by atoms with Crippen LogP contribution in [0.3, 0.4) is 0 Å². The third-order valence-electron chi connectivity index (χ3n) is 7.43. The molecule has 4 atom stereocenters. The number of halogens is 4. The van der Waals surface area contributed by atoms with Crippen molar-refractivity contribution < 1.29 is 41.3 Å². The van der Waals surface area contributed by atoms with Crippen molar-refractivity contribution in [2.24, 2.45) is 5.92 Å². The van der Waals surface area contributed by atoms with E-state index in [9.17, 15) is 22.4 Å². The molecule has 3 aliphatic rings. The van der Waals surface area contributed by atoms with Crippen LogP contribution < -0.4 is 5.32 Å². The normalized spacial score (nSPS) is 28.2. The number of fused-ring (bicyclic) bond motifs is 1. The molecule has 10 heteroatoms. The number of carbonyl (C=O) groups excluding carboxylic acids is 1. The van der Waals surface area contributed by atoms with Gasteiger partial charge in [0.2, 0.25) is 0 Å². The lowest BCUT2D eigenvalue weighted by Gasteiger charge is -2.43. The van der Waals surface area contributed by atoms with Gasteiger partial charge in [-0.15, -0.1) is 0 Å². The Labute approximate surface area is 225 Å². The third kappa shape index (κ3) is 6.80. The standard InChI is InChI=1S/C29H33F4NO5/c1-27(2)38-24-14-28(26(35)34-15-18-9-10-18,37-17-20-6-4-8-22(30)12-20)13-23(25(24)39-27)36-16-19-5-3-7-21(11-19)29(31,32)33/h3-8,11-12,18,23-25H,9-10,13-17H2,1-2H3,(H,34,35)/t23?,24-,25+,28-/m1/s1. The SMILES string of the molecule is CC1(C)O[C@@H]2C[C@@](OCc3cccc(F)c3)(C(=O)NCC3CC3)CC(OCc3cccc(C(F)(F)F)c3)[C@@H]2O1. The summed E-state index contributed by atoms with van der Waals surface area (Å²) in [5.41, 5.74) is -1.23. The zero-order valence-electron chi connectivity index (χ0n) is 21.9. The Balaban J connectivity index is 1.39. The molecular weight excluding hydrogens is 518 g/mol. The minimum atomic E-state index is -4.47. The van der Waals surface area contributed by atoms with Crippen molar-refractivity contribution in [3.05, 3.63) is 71.0 Å². The van der Waals surface area contributed by atoms with Crippen molar-refractivity contribution in [2.75, 3.05) is 6.54 Å². The molecule has 6 nitrogen and oxygen atoms in total. The molecule has 39 heavy (non-hydrogen) atoms. The first-order chi connectivity index (χ1) is 18.4. The van der Waals surface area contributed by atoms with Gasteiger partial charge in [-0.3, -0.25) is 4.79 Å². The Morgan fingerprint density at radius 1 is 1.03 bits per heavy atom. The third-order valence-corrected chi connectivity index (χ3v) is 7.43. The Kier molecular flexibility index (Phi) is 7.76. The van der Waals surface area contributed by atoms with E-state index in [1.54, 1.807) is 32.0 Å². The number of hydrogen-bond acceptors (Lipinski definition) is 5. The minimum Gasteiger partial charge on any atom is -0.371 e. The van der Waals surface area contributed by atoms with E-state index in [1.165, 1.54) is 18.2 Å². The molecule has 1 aliphatic heterocycles. The maximum atomic E-state index is 13.8. The smallest absolute Gasteiger partial charge is 0.371 e. The number of hydrogen-bond donors (Lipinski definition) is 1. The topological polar surface area (TPSA) is 66.0 Å². The summed E-state index contributed by atoms with van der Waals surface area (Å²) in [5, 5.41) is 3.01. The molecule has 1 amide bonds. The number of alkyl halides is 3. The molecule has 1 unspecified atom stereocenters. The van der Waals surface area contributed by atoms with Crippen molar-refractivity contribution in [3.63, 3.8) is 0 Å². The van der Waals surface area contributed by atoms with Gasteiger partial charge in [0.05, 0.1) is 31.0 Å². The van der Waals surface area contributed by atoms with Gasteiger partial charge in [0.15, 0.2) is 11.4 Å². The van der Waals surface area contributed by atoms with Crippen LogP contribution >= 0.6 is 0 Å². The first-order valence-corrected chi connectivity index (χ1v) is 13.2. The van der Waals surface area contributed by atoms with Crippen LogP contribution in [0.4, 0.5) is 17.6 Å². The molecule has 5 rings (SSSR count). The summed E-state index contributed by atoms with van der Waals surface area (Å²) in [5.74, 6) is -1.24. The molecule has 0 radical (unpaired) electrons. The van der Waals surface area contributed by atoms with Crippen molar-refractivity contribution in [1.29, 1.82) is 0 Å². The quantitative estimate of drug-likeness (QED) is 0.416. The number of benzene rings is 2. The average Bonchev–Trinajstić information content (AvgIpc) is 3.65. The van der Waals surface area contributed by atoms with Gasteiger partial charge in [-0.05, 0) is 68.0 Å². The molecule has 2 aromatic rings. The first kappa shape index (κ1) is 28.0. The van der Waals surface area contributed by atoms with Crippen molar-refractivity contribution in [2.45, 2.75) is 88.6 Å². The second-order valence-electron chi connectivity index (χ2n) is 11.2. The van der Waals surface area contributed by atoms with Gasteiger partial charge in [-0.25, -0.2) is 4.39 Å². The van der Waals surface area contributed by atoms with E-state index < -0.39 is 47.3 Å². The van der Waals surface area contributed by atoms with Gasteiger partial charge in [0.1, 0.15) is 11.9 Å². The maximum Gasteiger partial charge on any atom is 0.416 e. The zero-order chi connectivity index (χ0) is 27.8. The van der Waals surface area contributed by atoms with Crippen LogP contribution in [0.1, 0.15) is 56.2 Å². The van der Waals surface area contributed by atoms with E-state index in [2.05, 4.69) is 5.32 Å². The summed E-state index contributed by atoms with van der Waals surface area (Å²) in [6.07, 6.45) is -3.90. The van der Waals surface area contributed by atoms with Crippen molar-refractivity contribution in [1.82, 2.24) is 5.32 Å². The summed E-state index contributed by atoms with van der Waals surface area (Å²) in [6, 6.07) is 10.9. The van der Waals surface area contributed by atoms with E-state index in [-0.39, 0.29) is 32.0 Å². The highest BCUT2D eigenvalue weighted by Gasteiger charge is 2.58. The maximum absolute atomic E-state index is 13.8. The summed E-state index contributed by atoms with van der Waals surface area (Å²) < 4.78 is 78.3. The fraction of sp³-hybridized carbons (Fsp3) is 0.552. The van der Waals surface area contributed by atoms with E-state index in [0.717, 1.165) is 25.0 Å². The monoisotopic (exact) mass is 551 g/mol. The van der Waals surface area contributed by atoms with Crippen LogP contribution in [0.15, 0.2) is 48.5 Å². The molecule has 0 spiro atoms. The summed E-state index contributed by atoms with van der Waals surface area (Å²) in [4.78, 5) is 13.7. The lowest BCUT2D eigenvalue weighted by Crippen LogP contribution is -2.60. The predicted octanol–water partition coefficient (Wildman–Crippen LogP) is 5.53. The van der Waals surface area contributed by atoms with Crippen molar-refractivity contribution >= 4 is 5.91 Å². The van der Waals surface area contributed by atoms with Gasteiger partial charge in [0, 0.05) is 19.4 Å². The molecule has 1 saturated heterocycles. The van der Waals surface area contributed by atoms with Crippen LogP contribution in [-0.4, -0.2) is 42.2 Å². The summed E-state index contributed by atoms with van der Waals surface area (Å²) in [6.45, 7) is 3.91. The lowest BCUT2D eigenvalue weighted by atomic mass is 9.78. The number of rotatable bonds is 9. The zero-order valence-corrected chi connectivity index (χ0v) is 21.9. The lowest BCUT2D eigenvalue weighted by molar-refractivity contribution is -0.183. The number of amides is 1. The Morgan fingerprint density at radius 2 is 1.74 bits per heavy atom. The Bertz CT molecular complexity index is 1180. The van der Waals surface area contributed by atoms with Crippen LogP contribution in [0, 0.1) is 11.7 Å². The fourth-order valence-electron chi connectivity index (χ4n) is 5.32. The van der Waals surface area contributed by atoms with Crippen LogP contribution in [0.25, 0.3) is 0 Å². The Morgan fingerprint density at radius 3 is 2.44 bits per heavy atom. The largest absolute Gasteiger partial charge is 0.416 e. The number of nitrogens with one attached hydrogen (secondary N) is 1. The molecule has 3 fully saturated rings. The number of carbonyl (C=O) groups is 1. The van der Waals surface area contributed by atoms with E-state index in [4.69, 9.17) is 18.9 Å². The second kappa shape index (κ2) is 10.8. The molecular formula is C29H33F4NO5. The molecule has 0 bridgehead atoms. The van der Waals surface area contributed by atoms with Crippen LogP contribution in [0.5, 0.6) is 0 Å². The summed E-state index contributed by atoms with van der Waals surface area (Å²) in [7, 11) is 0. The van der Waals surface area contributed by atoms with Crippen LogP contribution in [-0.2, 0) is 43.1 Å². The van der Waals surface area contributed by atoms with Gasteiger partial charge in [-0.2, -0.15) is 13.2 Å². The average molecular weight is 552 g/mol.